The number of esters is 4. The first kappa shape index (κ1) is 28.8. The molecule has 0 radical (unpaired) electrons. The van der Waals surface area contributed by atoms with Gasteiger partial charge in [-0.1, -0.05) is 29.8 Å². The first-order valence-electron chi connectivity index (χ1n) is 11.9. The molecule has 0 saturated carbocycles. The minimum absolute atomic E-state index is 0.161. The Morgan fingerprint density at radius 1 is 0.763 bits per heavy atom. The smallest absolute Gasteiger partial charge is 0.303 e. The van der Waals surface area contributed by atoms with Crippen LogP contribution in [-0.2, 0) is 38.1 Å². The van der Waals surface area contributed by atoms with Crippen LogP contribution in [0.4, 0.5) is 11.4 Å². The van der Waals surface area contributed by atoms with E-state index in [-0.39, 0.29) is 6.61 Å². The molecule has 0 aromatic heterocycles. The lowest BCUT2D eigenvalue weighted by Gasteiger charge is -2.43. The first-order valence-corrected chi connectivity index (χ1v) is 12.9. The van der Waals surface area contributed by atoms with Crippen molar-refractivity contribution in [2.24, 2.45) is 0 Å². The highest BCUT2D eigenvalue weighted by atomic mass is 32.2. The summed E-state index contributed by atoms with van der Waals surface area (Å²) in [5.41, 5.74) is 1.67. The molecule has 0 amide bonds. The predicted molar refractivity (Wildman–Crippen MR) is 140 cm³/mol. The minimum Gasteiger partial charge on any atom is -0.474 e. The molecule has 38 heavy (non-hydrogen) atoms. The van der Waals surface area contributed by atoms with E-state index in [0.717, 1.165) is 23.0 Å². The second-order valence-corrected chi connectivity index (χ2v) is 10.0. The molecule has 5 atom stereocenters. The van der Waals surface area contributed by atoms with Crippen molar-refractivity contribution in [3.05, 3.63) is 54.1 Å². The van der Waals surface area contributed by atoms with Crippen LogP contribution in [0.3, 0.4) is 0 Å². The Kier molecular flexibility index (Phi) is 10.0. The summed E-state index contributed by atoms with van der Waals surface area (Å²) in [6.07, 6.45) is -3.44. The Morgan fingerprint density at radius 3 is 1.95 bits per heavy atom. The van der Waals surface area contributed by atoms with Crippen LogP contribution in [0.15, 0.2) is 48.5 Å². The molecule has 0 spiro atoms. The van der Waals surface area contributed by atoms with Crippen LogP contribution in [0.1, 0.15) is 33.3 Å². The molecule has 10 nitrogen and oxygen atoms in total. The van der Waals surface area contributed by atoms with E-state index < -0.39 is 52.9 Å². The monoisotopic (exact) mass is 545 g/mol. The number of hydrogen-bond donors (Lipinski definition) is 1. The Labute approximate surface area is 225 Å². The highest BCUT2D eigenvalue weighted by molar-refractivity contribution is 8.00. The van der Waals surface area contributed by atoms with Crippen LogP contribution < -0.4 is 10.1 Å². The van der Waals surface area contributed by atoms with E-state index in [1.54, 1.807) is 12.1 Å². The number of ether oxygens (including phenoxy) is 5. The highest BCUT2D eigenvalue weighted by Crippen LogP contribution is 2.41. The summed E-state index contributed by atoms with van der Waals surface area (Å²) < 4.78 is 28.1. The van der Waals surface area contributed by atoms with Crippen LogP contribution in [0.25, 0.3) is 0 Å². The van der Waals surface area contributed by atoms with Crippen LogP contribution >= 0.6 is 11.8 Å². The molecule has 0 aliphatic carbocycles. The molecule has 1 saturated heterocycles. The Bertz CT molecular complexity index is 1150. The van der Waals surface area contributed by atoms with E-state index in [1.807, 2.05) is 43.3 Å². The van der Waals surface area contributed by atoms with Gasteiger partial charge in [0, 0.05) is 33.4 Å². The summed E-state index contributed by atoms with van der Waals surface area (Å²) in [6, 6.07) is 15.0. The van der Waals surface area contributed by atoms with E-state index >= 15 is 0 Å². The molecule has 11 heteroatoms. The molecule has 3 rings (SSSR count). The lowest BCUT2D eigenvalue weighted by atomic mass is 10.0. The average Bonchev–Trinajstić information content (AvgIpc) is 2.83. The average molecular weight is 546 g/mol. The van der Waals surface area contributed by atoms with Crippen molar-refractivity contribution in [3.63, 3.8) is 0 Å². The summed E-state index contributed by atoms with van der Waals surface area (Å²) >= 11 is 1.14. The third-order valence-corrected chi connectivity index (χ3v) is 6.80. The van der Waals surface area contributed by atoms with Crippen molar-refractivity contribution in [1.29, 1.82) is 0 Å². The number of aryl methyl sites for hydroxylation is 1. The number of rotatable bonds is 9. The second kappa shape index (κ2) is 13.2. The van der Waals surface area contributed by atoms with Crippen LogP contribution in [-0.4, -0.2) is 59.5 Å². The number of nitrogens with one attached hydrogen (secondary N) is 1. The van der Waals surface area contributed by atoms with Gasteiger partial charge in [0.15, 0.2) is 23.7 Å². The molecule has 1 heterocycles. The fourth-order valence-corrected chi connectivity index (χ4v) is 5.25. The van der Waals surface area contributed by atoms with Gasteiger partial charge in [-0.3, -0.25) is 19.2 Å². The topological polar surface area (TPSA) is 126 Å². The number of thioether (sulfide) groups is 1. The summed E-state index contributed by atoms with van der Waals surface area (Å²) in [6.45, 7) is 6.69. The lowest BCUT2D eigenvalue weighted by molar-refractivity contribution is -0.190. The number of carbonyl (C=O) groups is 4. The van der Waals surface area contributed by atoms with Crippen molar-refractivity contribution in [2.45, 2.75) is 63.6 Å². The van der Waals surface area contributed by atoms with Gasteiger partial charge in [0.1, 0.15) is 12.4 Å². The number of carbonyl (C=O) groups excluding carboxylic acids is 4. The van der Waals surface area contributed by atoms with Crippen molar-refractivity contribution >= 4 is 47.0 Å². The summed E-state index contributed by atoms with van der Waals surface area (Å²) in [4.78, 5) is 47.6. The van der Waals surface area contributed by atoms with E-state index in [0.29, 0.717) is 11.4 Å². The van der Waals surface area contributed by atoms with Gasteiger partial charge in [0.2, 0.25) is 0 Å². The Balaban J connectivity index is 1.98. The largest absolute Gasteiger partial charge is 0.474 e. The molecular formula is C27H31NO9S. The van der Waals surface area contributed by atoms with Gasteiger partial charge >= 0.3 is 23.9 Å². The van der Waals surface area contributed by atoms with Crippen molar-refractivity contribution in [2.75, 3.05) is 11.9 Å². The normalized spacial score (nSPS) is 22.5. The van der Waals surface area contributed by atoms with E-state index in [4.69, 9.17) is 23.7 Å². The van der Waals surface area contributed by atoms with E-state index in [1.165, 1.54) is 27.7 Å². The van der Waals surface area contributed by atoms with Gasteiger partial charge in [-0.25, -0.2) is 0 Å². The molecule has 1 fully saturated rings. The minimum atomic E-state index is -1.22. The SMILES string of the molecule is CC(=O)OC[C@@H]1S[C@H](Oc2ccccc2Nc2ccc(C)cc2)[C@H](OC(C)=O)[C@@H](OC(C)=O)[C@@H]1OC(C)=O. The van der Waals surface area contributed by atoms with Crippen LogP contribution in [0.5, 0.6) is 5.75 Å². The lowest BCUT2D eigenvalue weighted by Crippen LogP contribution is -2.59. The molecule has 1 aliphatic heterocycles. The molecule has 2 aromatic rings. The highest BCUT2D eigenvalue weighted by Gasteiger charge is 2.53. The number of hydrogen-bond acceptors (Lipinski definition) is 11. The van der Waals surface area contributed by atoms with E-state index in [2.05, 4.69) is 5.32 Å². The predicted octanol–water partition coefficient (Wildman–Crippen LogP) is 3.92. The molecule has 1 N–H and O–H groups in total. The standard InChI is InChI=1S/C27H31NO9S/c1-15-10-12-20(13-11-15)28-21-8-6-7-9-22(21)37-27-26(36-19(5)32)25(35-18(4)31)24(34-17(3)30)23(38-27)14-33-16(2)29/h6-13,23-28H,14H2,1-5H3/t23-,24+,25-,26+,27-/m0/s1. The van der Waals surface area contributed by atoms with Crippen molar-refractivity contribution in [1.82, 2.24) is 0 Å². The zero-order valence-corrected chi connectivity index (χ0v) is 22.6. The first-order chi connectivity index (χ1) is 18.0. The zero-order valence-electron chi connectivity index (χ0n) is 21.8. The summed E-state index contributed by atoms with van der Waals surface area (Å²) in [5, 5.41) is 2.62. The number of anilines is 2. The van der Waals surface area contributed by atoms with Gasteiger partial charge in [0.25, 0.3) is 0 Å². The van der Waals surface area contributed by atoms with Gasteiger partial charge < -0.3 is 29.0 Å². The molecular weight excluding hydrogens is 514 g/mol. The maximum atomic E-state index is 12.1. The van der Waals surface area contributed by atoms with Gasteiger partial charge in [-0.15, -0.1) is 11.8 Å². The third kappa shape index (κ3) is 8.14. The molecule has 204 valence electrons. The number of para-hydroxylation sites is 2. The second-order valence-electron chi connectivity index (χ2n) is 8.67. The maximum Gasteiger partial charge on any atom is 0.303 e. The molecule has 1 aliphatic rings. The summed E-state index contributed by atoms with van der Waals surface area (Å²) in [5.74, 6) is -2.07. The maximum absolute atomic E-state index is 12.1. The fraction of sp³-hybridized carbons (Fsp3) is 0.407. The molecule has 0 bridgehead atoms. The van der Waals surface area contributed by atoms with Gasteiger partial charge in [-0.2, -0.15) is 0 Å². The molecule has 2 aromatic carbocycles. The summed E-state index contributed by atoms with van der Waals surface area (Å²) in [7, 11) is 0. The zero-order chi connectivity index (χ0) is 27.8. The van der Waals surface area contributed by atoms with Gasteiger partial charge in [-0.05, 0) is 31.2 Å². The Hall–Kier alpha value is -3.73. The van der Waals surface area contributed by atoms with Gasteiger partial charge in [0.05, 0.1) is 10.9 Å². The van der Waals surface area contributed by atoms with Crippen LogP contribution in [0, 0.1) is 6.92 Å². The quantitative estimate of drug-likeness (QED) is 0.364. The van der Waals surface area contributed by atoms with Crippen molar-refractivity contribution < 1.29 is 42.9 Å². The van der Waals surface area contributed by atoms with E-state index in [9.17, 15) is 19.2 Å². The Morgan fingerprint density at radius 2 is 1.34 bits per heavy atom. The number of benzene rings is 2. The molecule has 0 unspecified atom stereocenters. The van der Waals surface area contributed by atoms with Crippen LogP contribution in [0.2, 0.25) is 0 Å². The fourth-order valence-electron chi connectivity index (χ4n) is 3.87. The van der Waals surface area contributed by atoms with Crippen molar-refractivity contribution in [3.8, 4) is 5.75 Å². The third-order valence-electron chi connectivity index (χ3n) is 5.41.